The minimum absolute atomic E-state index is 0.00241. The molecule has 2 N–H and O–H groups in total. The minimum Gasteiger partial charge on any atom is -0.402 e. The molecule has 0 saturated carbocycles. The van der Waals surface area contributed by atoms with Crippen LogP contribution in [-0.2, 0) is 11.2 Å². The normalized spacial score (nSPS) is 11.5. The fourth-order valence-corrected chi connectivity index (χ4v) is 2.46. The van der Waals surface area contributed by atoms with E-state index in [9.17, 15) is 4.79 Å². The molecule has 0 unspecified atom stereocenters. The lowest BCUT2D eigenvalue weighted by Gasteiger charge is -2.04. The fourth-order valence-electron chi connectivity index (χ4n) is 1.18. The molecule has 2 nitrogen and oxygen atoms in total. The third-order valence-electron chi connectivity index (χ3n) is 1.80. The molecule has 0 radical (unpaired) electrons. The quantitative estimate of drug-likeness (QED) is 0.864. The molecule has 0 amide bonds. The zero-order valence-electron chi connectivity index (χ0n) is 8.26. The summed E-state index contributed by atoms with van der Waals surface area (Å²) >= 11 is 6.82. The molecule has 0 spiro atoms. The van der Waals surface area contributed by atoms with Gasteiger partial charge in [0.25, 0.3) is 0 Å². The van der Waals surface area contributed by atoms with E-state index in [1.165, 1.54) is 6.08 Å². The van der Waals surface area contributed by atoms with Gasteiger partial charge in [-0.15, -0.1) is 0 Å². The van der Waals surface area contributed by atoms with Gasteiger partial charge >= 0.3 is 0 Å². The van der Waals surface area contributed by atoms with Gasteiger partial charge in [0.2, 0.25) is 0 Å². The Morgan fingerprint density at radius 3 is 2.40 bits per heavy atom. The smallest absolute Gasteiger partial charge is 0.161 e. The number of nitrogens with two attached hydrogens (primary N) is 1. The van der Waals surface area contributed by atoms with E-state index in [4.69, 9.17) is 5.73 Å². The van der Waals surface area contributed by atoms with Gasteiger partial charge < -0.3 is 5.73 Å². The summed E-state index contributed by atoms with van der Waals surface area (Å²) in [6, 6.07) is 5.73. The molecule has 0 bridgehead atoms. The fraction of sp³-hybridized carbons (Fsp3) is 0.182. The van der Waals surface area contributed by atoms with Crippen LogP contribution in [0.4, 0.5) is 0 Å². The highest BCUT2D eigenvalue weighted by atomic mass is 79.9. The maximum atomic E-state index is 11.5. The summed E-state index contributed by atoms with van der Waals surface area (Å²) in [5.41, 5.74) is 6.92. The average Bonchev–Trinajstić information content (AvgIpc) is 2.10. The van der Waals surface area contributed by atoms with Crippen molar-refractivity contribution in [3.05, 3.63) is 44.5 Å². The second kappa shape index (κ2) is 5.47. The van der Waals surface area contributed by atoms with E-state index in [1.807, 2.05) is 18.2 Å². The van der Waals surface area contributed by atoms with Gasteiger partial charge in [-0.25, -0.2) is 0 Å². The number of carbonyl (C=O) groups excluding carboxylic acids is 1. The van der Waals surface area contributed by atoms with Gasteiger partial charge in [0.05, 0.1) is 0 Å². The van der Waals surface area contributed by atoms with Crippen molar-refractivity contribution in [3.63, 3.8) is 0 Å². The van der Waals surface area contributed by atoms with Gasteiger partial charge in [-0.1, -0.05) is 37.9 Å². The Hall–Kier alpha value is -0.610. The summed E-state index contributed by atoms with van der Waals surface area (Å²) in [6.07, 6.45) is 1.79. The lowest BCUT2D eigenvalue weighted by molar-refractivity contribution is -0.114. The first kappa shape index (κ1) is 12.5. The Kier molecular flexibility index (Phi) is 4.54. The Labute approximate surface area is 106 Å². The monoisotopic (exact) mass is 331 g/mol. The van der Waals surface area contributed by atoms with E-state index in [-0.39, 0.29) is 5.78 Å². The molecule has 0 heterocycles. The molecule has 80 valence electrons. The molecule has 0 aromatic heterocycles. The molecule has 0 aliphatic rings. The number of hydrogen-bond acceptors (Lipinski definition) is 2. The van der Waals surface area contributed by atoms with E-state index in [1.54, 1.807) is 6.92 Å². The van der Waals surface area contributed by atoms with Crippen LogP contribution in [0.15, 0.2) is 38.9 Å². The molecule has 1 aromatic rings. The van der Waals surface area contributed by atoms with Gasteiger partial charge in [0.15, 0.2) is 5.78 Å². The average molecular weight is 333 g/mol. The van der Waals surface area contributed by atoms with Gasteiger partial charge in [0.1, 0.15) is 0 Å². The van der Waals surface area contributed by atoms with Crippen molar-refractivity contribution in [1.29, 1.82) is 0 Å². The summed E-state index contributed by atoms with van der Waals surface area (Å²) in [5, 5.41) is 0. The van der Waals surface area contributed by atoms with Crippen molar-refractivity contribution < 1.29 is 4.79 Å². The molecule has 0 saturated heterocycles. The predicted molar refractivity (Wildman–Crippen MR) is 68.5 cm³/mol. The van der Waals surface area contributed by atoms with E-state index in [0.29, 0.717) is 12.1 Å². The Balaban J connectivity index is 2.90. The topological polar surface area (TPSA) is 43.1 Å². The molecule has 0 aliphatic heterocycles. The first-order chi connectivity index (χ1) is 7.00. The van der Waals surface area contributed by atoms with E-state index in [0.717, 1.165) is 14.5 Å². The molecule has 1 rings (SSSR count). The number of hydrogen-bond donors (Lipinski definition) is 1. The largest absolute Gasteiger partial charge is 0.402 e. The SMILES string of the molecule is C/C(N)=C/C(=O)Cc1c(Br)cccc1Br. The number of carbonyl (C=O) groups is 1. The van der Waals surface area contributed by atoms with Crippen LogP contribution in [0.5, 0.6) is 0 Å². The summed E-state index contributed by atoms with van der Waals surface area (Å²) in [7, 11) is 0. The van der Waals surface area contributed by atoms with Gasteiger partial charge in [-0.2, -0.15) is 0 Å². The van der Waals surface area contributed by atoms with Crippen LogP contribution in [0.2, 0.25) is 0 Å². The van der Waals surface area contributed by atoms with E-state index in [2.05, 4.69) is 31.9 Å². The Morgan fingerprint density at radius 1 is 1.40 bits per heavy atom. The van der Waals surface area contributed by atoms with Crippen LogP contribution in [0.1, 0.15) is 12.5 Å². The predicted octanol–water partition coefficient (Wildman–Crippen LogP) is 3.19. The second-order valence-corrected chi connectivity index (χ2v) is 4.94. The Bertz CT molecular complexity index is 389. The van der Waals surface area contributed by atoms with Crippen LogP contribution < -0.4 is 5.73 Å². The highest BCUT2D eigenvalue weighted by Gasteiger charge is 2.08. The van der Waals surface area contributed by atoms with Crippen molar-refractivity contribution >= 4 is 37.6 Å². The van der Waals surface area contributed by atoms with Crippen LogP contribution in [0.25, 0.3) is 0 Å². The first-order valence-electron chi connectivity index (χ1n) is 4.40. The summed E-state index contributed by atoms with van der Waals surface area (Å²) in [6.45, 7) is 1.70. The zero-order valence-corrected chi connectivity index (χ0v) is 11.4. The van der Waals surface area contributed by atoms with E-state index < -0.39 is 0 Å². The first-order valence-corrected chi connectivity index (χ1v) is 5.99. The Morgan fingerprint density at radius 2 is 1.93 bits per heavy atom. The maximum Gasteiger partial charge on any atom is 0.161 e. The lowest BCUT2D eigenvalue weighted by Crippen LogP contribution is -2.04. The molecule has 0 atom stereocenters. The van der Waals surface area contributed by atoms with Crippen LogP contribution in [0.3, 0.4) is 0 Å². The lowest BCUT2D eigenvalue weighted by atomic mass is 10.1. The van der Waals surface area contributed by atoms with Crippen molar-refractivity contribution in [2.24, 2.45) is 5.73 Å². The summed E-state index contributed by atoms with van der Waals surface area (Å²) in [5.74, 6) is 0.00241. The van der Waals surface area contributed by atoms with Gasteiger partial charge in [-0.3, -0.25) is 4.79 Å². The second-order valence-electron chi connectivity index (χ2n) is 3.23. The molecule has 0 fully saturated rings. The minimum atomic E-state index is 0.00241. The third-order valence-corrected chi connectivity index (χ3v) is 3.29. The van der Waals surface area contributed by atoms with Crippen LogP contribution >= 0.6 is 31.9 Å². The number of halogens is 2. The van der Waals surface area contributed by atoms with Crippen molar-refractivity contribution in [3.8, 4) is 0 Å². The maximum absolute atomic E-state index is 11.5. The number of benzene rings is 1. The zero-order chi connectivity index (χ0) is 11.4. The van der Waals surface area contributed by atoms with Crippen LogP contribution in [0, 0.1) is 0 Å². The summed E-state index contributed by atoms with van der Waals surface area (Å²) in [4.78, 5) is 11.5. The number of rotatable bonds is 3. The van der Waals surface area contributed by atoms with Crippen LogP contribution in [-0.4, -0.2) is 5.78 Å². The molecular weight excluding hydrogens is 322 g/mol. The van der Waals surface area contributed by atoms with Gasteiger partial charge in [-0.05, 0) is 30.7 Å². The standard InChI is InChI=1S/C11H11Br2NO/c1-7(14)5-8(15)6-9-10(12)3-2-4-11(9)13/h2-5H,6,14H2,1H3/b7-5-. The third kappa shape index (κ3) is 3.80. The molecule has 1 aromatic carbocycles. The molecule has 0 aliphatic carbocycles. The van der Waals surface area contributed by atoms with Crippen molar-refractivity contribution in [1.82, 2.24) is 0 Å². The molecule has 15 heavy (non-hydrogen) atoms. The van der Waals surface area contributed by atoms with Gasteiger partial charge in [0, 0.05) is 21.1 Å². The highest BCUT2D eigenvalue weighted by Crippen LogP contribution is 2.25. The number of ketones is 1. The summed E-state index contributed by atoms with van der Waals surface area (Å²) < 4.78 is 1.85. The highest BCUT2D eigenvalue weighted by molar-refractivity contribution is 9.11. The van der Waals surface area contributed by atoms with Crippen molar-refractivity contribution in [2.45, 2.75) is 13.3 Å². The molecular formula is C11H11Br2NO. The van der Waals surface area contributed by atoms with E-state index >= 15 is 0 Å². The van der Waals surface area contributed by atoms with Crippen molar-refractivity contribution in [2.75, 3.05) is 0 Å². The molecule has 4 heteroatoms. The number of allylic oxidation sites excluding steroid dienone is 2.